The normalized spacial score (nSPS) is 21.8. The molecule has 3 unspecified atom stereocenters. The Bertz CT molecular complexity index is 724. The number of carbonyl (C=O) groups is 1. The van der Waals surface area contributed by atoms with Crippen molar-refractivity contribution in [3.05, 3.63) is 29.8 Å². The molecule has 0 fully saturated rings. The second kappa shape index (κ2) is 7.48. The Labute approximate surface area is 156 Å². The maximum Gasteiger partial charge on any atom is 0.432 e. The number of hydrogen-bond acceptors (Lipinski definition) is 3. The van der Waals surface area contributed by atoms with Gasteiger partial charge in [-0.05, 0) is 29.4 Å². The van der Waals surface area contributed by atoms with Crippen molar-refractivity contribution in [2.24, 2.45) is 16.4 Å². The zero-order chi connectivity index (χ0) is 20.6. The minimum atomic E-state index is -4.88. The molecule has 150 valence electrons. The summed E-state index contributed by atoms with van der Waals surface area (Å²) in [6, 6.07) is 6.91. The van der Waals surface area contributed by atoms with Crippen molar-refractivity contribution in [1.29, 1.82) is 0 Å². The van der Waals surface area contributed by atoms with E-state index in [9.17, 15) is 22.4 Å². The van der Waals surface area contributed by atoms with E-state index in [1.807, 2.05) is 13.0 Å². The number of carbonyl (C=O) groups excluding carboxylic acids is 1. The van der Waals surface area contributed by atoms with E-state index in [0.29, 0.717) is 10.7 Å². The van der Waals surface area contributed by atoms with Gasteiger partial charge in [0.05, 0.1) is 0 Å². The largest absolute Gasteiger partial charge is 0.432 e. The summed E-state index contributed by atoms with van der Waals surface area (Å²) in [5.74, 6) is -3.02. The number of para-hydroxylation sites is 1. The second-order valence-corrected chi connectivity index (χ2v) is 8.15. The van der Waals surface area contributed by atoms with Crippen LogP contribution in [0.3, 0.4) is 0 Å². The predicted octanol–water partition coefficient (Wildman–Crippen LogP) is 4.94. The highest BCUT2D eigenvalue weighted by atomic mass is 19.4. The lowest BCUT2D eigenvalue weighted by Crippen LogP contribution is -2.41. The molecule has 0 radical (unpaired) electrons. The highest BCUT2D eigenvalue weighted by Crippen LogP contribution is 2.36. The van der Waals surface area contributed by atoms with E-state index >= 15 is 0 Å². The van der Waals surface area contributed by atoms with Crippen molar-refractivity contribution in [2.75, 3.05) is 12.4 Å². The first-order valence-electron chi connectivity index (χ1n) is 8.73. The number of hydrazone groups is 1. The van der Waals surface area contributed by atoms with Crippen molar-refractivity contribution in [1.82, 2.24) is 5.01 Å². The van der Waals surface area contributed by atoms with Crippen LogP contribution in [0.1, 0.15) is 45.6 Å². The fourth-order valence-corrected chi connectivity index (χ4v) is 3.39. The predicted molar refractivity (Wildman–Crippen MR) is 97.2 cm³/mol. The topological polar surface area (TPSA) is 44.7 Å². The van der Waals surface area contributed by atoms with Gasteiger partial charge < -0.3 is 5.32 Å². The van der Waals surface area contributed by atoms with Crippen molar-refractivity contribution in [2.45, 2.75) is 52.5 Å². The molecule has 2 rings (SSSR count). The Morgan fingerprint density at radius 2 is 1.85 bits per heavy atom. The van der Waals surface area contributed by atoms with Gasteiger partial charge in [-0.3, -0.25) is 9.80 Å². The monoisotopic (exact) mass is 387 g/mol. The van der Waals surface area contributed by atoms with E-state index in [-0.39, 0.29) is 11.3 Å². The van der Waals surface area contributed by atoms with Crippen LogP contribution in [-0.2, 0) is 4.79 Å². The zero-order valence-corrected chi connectivity index (χ0v) is 16.1. The van der Waals surface area contributed by atoms with E-state index < -0.39 is 30.0 Å². The first-order chi connectivity index (χ1) is 12.3. The van der Waals surface area contributed by atoms with Crippen LogP contribution >= 0.6 is 0 Å². The van der Waals surface area contributed by atoms with Crippen molar-refractivity contribution in [3.63, 3.8) is 0 Å². The standard InChI is InChI=1S/C19H25F4N3O/c1-11(10-18(2,3)4)12-8-6-7-9-13(12)24-17(27)14-15(19(21,22)23)25-26(5)16(14)20/h6-9,11,14,16H,10H2,1-5H3,(H,24,27). The average Bonchev–Trinajstić information content (AvgIpc) is 2.82. The Balaban J connectivity index is 2.27. The number of amides is 1. The second-order valence-electron chi connectivity index (χ2n) is 8.15. The number of benzene rings is 1. The molecule has 0 aromatic heterocycles. The molecule has 8 heteroatoms. The third kappa shape index (κ3) is 4.99. The van der Waals surface area contributed by atoms with Crippen LogP contribution in [0.15, 0.2) is 29.4 Å². The van der Waals surface area contributed by atoms with E-state index in [1.165, 1.54) is 0 Å². The molecule has 1 aliphatic heterocycles. The van der Waals surface area contributed by atoms with Gasteiger partial charge in [-0.15, -0.1) is 0 Å². The van der Waals surface area contributed by atoms with Crippen LogP contribution in [0, 0.1) is 11.3 Å². The van der Waals surface area contributed by atoms with E-state index in [4.69, 9.17) is 0 Å². The van der Waals surface area contributed by atoms with Crippen LogP contribution in [0.5, 0.6) is 0 Å². The van der Waals surface area contributed by atoms with Crippen LogP contribution in [0.4, 0.5) is 23.2 Å². The van der Waals surface area contributed by atoms with Crippen molar-refractivity contribution >= 4 is 17.3 Å². The van der Waals surface area contributed by atoms with Gasteiger partial charge in [0.15, 0.2) is 5.71 Å². The molecule has 1 amide bonds. The van der Waals surface area contributed by atoms with Gasteiger partial charge in [0.1, 0.15) is 5.92 Å². The van der Waals surface area contributed by atoms with Gasteiger partial charge in [-0.25, -0.2) is 4.39 Å². The summed E-state index contributed by atoms with van der Waals surface area (Å²) in [6.07, 6.45) is -6.23. The maximum absolute atomic E-state index is 14.2. The molecule has 0 spiro atoms. The Morgan fingerprint density at radius 3 is 2.41 bits per heavy atom. The number of hydrogen-bond donors (Lipinski definition) is 1. The molecule has 3 atom stereocenters. The molecule has 1 N–H and O–H groups in total. The molecular formula is C19H25F4N3O. The summed E-state index contributed by atoms with van der Waals surface area (Å²) < 4.78 is 53.7. The van der Waals surface area contributed by atoms with Gasteiger partial charge in [0, 0.05) is 12.7 Å². The smallest absolute Gasteiger partial charge is 0.325 e. The Kier molecular flexibility index (Phi) is 5.87. The summed E-state index contributed by atoms with van der Waals surface area (Å²) in [5.41, 5.74) is -0.198. The number of nitrogens with one attached hydrogen (secondary N) is 1. The molecule has 0 saturated carbocycles. The summed E-state index contributed by atoms with van der Waals surface area (Å²) in [5, 5.41) is 6.19. The van der Waals surface area contributed by atoms with Gasteiger partial charge in [0.25, 0.3) is 0 Å². The lowest BCUT2D eigenvalue weighted by Gasteiger charge is -2.26. The van der Waals surface area contributed by atoms with Crippen molar-refractivity contribution in [3.8, 4) is 0 Å². The fourth-order valence-electron chi connectivity index (χ4n) is 3.39. The fraction of sp³-hybridized carbons (Fsp3) is 0.579. The molecule has 4 nitrogen and oxygen atoms in total. The Morgan fingerprint density at radius 1 is 1.26 bits per heavy atom. The number of halogens is 4. The van der Waals surface area contributed by atoms with Gasteiger partial charge in [0.2, 0.25) is 12.2 Å². The first-order valence-corrected chi connectivity index (χ1v) is 8.73. The number of rotatable bonds is 4. The van der Waals surface area contributed by atoms with Crippen LogP contribution in [0.25, 0.3) is 0 Å². The molecule has 1 aromatic carbocycles. The highest BCUT2D eigenvalue weighted by molar-refractivity contribution is 6.12. The third-order valence-corrected chi connectivity index (χ3v) is 4.43. The molecule has 1 aliphatic rings. The molecule has 0 aliphatic carbocycles. The quantitative estimate of drug-likeness (QED) is 0.587. The number of anilines is 1. The molecule has 0 saturated heterocycles. The molecule has 27 heavy (non-hydrogen) atoms. The maximum atomic E-state index is 14.2. The van der Waals surface area contributed by atoms with Gasteiger partial charge >= 0.3 is 6.18 Å². The van der Waals surface area contributed by atoms with Gasteiger partial charge in [-0.2, -0.15) is 18.3 Å². The van der Waals surface area contributed by atoms with Gasteiger partial charge in [-0.1, -0.05) is 45.9 Å². The summed E-state index contributed by atoms with van der Waals surface area (Å²) in [4.78, 5) is 12.5. The number of alkyl halides is 4. The van der Waals surface area contributed by atoms with Crippen LogP contribution in [-0.4, -0.2) is 36.1 Å². The third-order valence-electron chi connectivity index (χ3n) is 4.43. The minimum Gasteiger partial charge on any atom is -0.325 e. The Hall–Kier alpha value is -2.12. The van der Waals surface area contributed by atoms with Crippen LogP contribution < -0.4 is 5.32 Å². The summed E-state index contributed by atoms with van der Waals surface area (Å²) >= 11 is 0. The molecule has 1 heterocycles. The average molecular weight is 387 g/mol. The summed E-state index contributed by atoms with van der Waals surface area (Å²) in [7, 11) is 1.07. The zero-order valence-electron chi connectivity index (χ0n) is 16.1. The van der Waals surface area contributed by atoms with E-state index in [0.717, 1.165) is 19.0 Å². The lowest BCUT2D eigenvalue weighted by atomic mass is 9.82. The number of nitrogens with zero attached hydrogens (tertiary/aromatic N) is 2. The molecule has 1 aromatic rings. The minimum absolute atomic E-state index is 0.0326. The molecule has 0 bridgehead atoms. The first kappa shape index (κ1) is 21.2. The van der Waals surface area contributed by atoms with E-state index in [2.05, 4.69) is 31.2 Å². The highest BCUT2D eigenvalue weighted by Gasteiger charge is 2.53. The molecular weight excluding hydrogens is 362 g/mol. The SMILES string of the molecule is CC(CC(C)(C)C)c1ccccc1NC(=O)C1C(C(F)(F)F)=NN(C)C1F. The van der Waals surface area contributed by atoms with Crippen LogP contribution in [0.2, 0.25) is 0 Å². The lowest BCUT2D eigenvalue weighted by molar-refractivity contribution is -0.122. The van der Waals surface area contributed by atoms with Crippen molar-refractivity contribution < 1.29 is 22.4 Å². The summed E-state index contributed by atoms with van der Waals surface area (Å²) in [6.45, 7) is 8.23. The van der Waals surface area contributed by atoms with E-state index in [1.54, 1.807) is 18.2 Å².